The molecule has 1 saturated heterocycles. The normalized spacial score (nSPS) is 15.7. The van der Waals surface area contributed by atoms with E-state index in [2.05, 4.69) is 6.92 Å². The molecule has 5 nitrogen and oxygen atoms in total. The molecule has 1 fully saturated rings. The van der Waals surface area contributed by atoms with Gasteiger partial charge in [0.15, 0.2) is 0 Å². The minimum atomic E-state index is -3.82. The van der Waals surface area contributed by atoms with Gasteiger partial charge in [-0.15, -0.1) is 0 Å². The molecular weight excluding hydrogens is 408 g/mol. The van der Waals surface area contributed by atoms with E-state index in [1.807, 2.05) is 6.92 Å². The van der Waals surface area contributed by atoms with E-state index in [1.54, 1.807) is 53.4 Å². The first-order valence-corrected chi connectivity index (χ1v) is 11.7. The van der Waals surface area contributed by atoms with Crippen molar-refractivity contribution >= 4 is 27.5 Å². The Kier molecular flexibility index (Phi) is 6.98. The van der Waals surface area contributed by atoms with Crippen LogP contribution in [-0.4, -0.2) is 43.2 Å². The summed E-state index contributed by atoms with van der Waals surface area (Å²) < 4.78 is 27.9. The van der Waals surface area contributed by atoms with Crippen LogP contribution in [0, 0.1) is 12.8 Å². The maximum absolute atomic E-state index is 13.3. The first-order valence-electron chi connectivity index (χ1n) is 9.85. The zero-order chi connectivity index (χ0) is 21.0. The lowest BCUT2D eigenvalue weighted by Crippen LogP contribution is -2.45. The molecule has 1 heterocycles. The van der Waals surface area contributed by atoms with Gasteiger partial charge in [0.2, 0.25) is 15.9 Å². The van der Waals surface area contributed by atoms with Crippen molar-refractivity contribution in [3.05, 3.63) is 64.7 Å². The van der Waals surface area contributed by atoms with E-state index in [4.69, 9.17) is 11.6 Å². The molecule has 1 amide bonds. The molecule has 0 atom stereocenters. The van der Waals surface area contributed by atoms with Crippen LogP contribution in [0.1, 0.15) is 30.9 Å². The Morgan fingerprint density at radius 1 is 1.07 bits per heavy atom. The van der Waals surface area contributed by atoms with Crippen LogP contribution in [0.15, 0.2) is 53.4 Å². The van der Waals surface area contributed by atoms with Crippen LogP contribution in [0.25, 0.3) is 0 Å². The van der Waals surface area contributed by atoms with Gasteiger partial charge in [-0.05, 0) is 55.5 Å². The Balaban J connectivity index is 1.85. The predicted molar refractivity (Wildman–Crippen MR) is 115 cm³/mol. The topological polar surface area (TPSA) is 57.7 Å². The standard InChI is InChI=1S/C22H27ClN2O3S/c1-17-3-9-21(10-4-17)29(27,28)25(15-19-5-7-20(23)8-6-19)16-22(26)24-13-11-18(2)12-14-24/h3-10,18H,11-16H2,1-2H3. The largest absolute Gasteiger partial charge is 0.342 e. The summed E-state index contributed by atoms with van der Waals surface area (Å²) in [5.41, 5.74) is 1.76. The molecule has 0 N–H and O–H groups in total. The van der Waals surface area contributed by atoms with Crippen molar-refractivity contribution in [1.29, 1.82) is 0 Å². The number of nitrogens with zero attached hydrogens (tertiary/aromatic N) is 2. The van der Waals surface area contributed by atoms with Crippen LogP contribution in [-0.2, 0) is 21.4 Å². The Bertz CT molecular complexity index is 935. The number of aryl methyl sites for hydroxylation is 1. The van der Waals surface area contributed by atoms with Crippen LogP contribution in [0.3, 0.4) is 0 Å². The summed E-state index contributed by atoms with van der Waals surface area (Å²) >= 11 is 5.95. The van der Waals surface area contributed by atoms with Gasteiger partial charge in [-0.25, -0.2) is 8.42 Å². The van der Waals surface area contributed by atoms with E-state index < -0.39 is 10.0 Å². The number of benzene rings is 2. The molecular formula is C22H27ClN2O3S. The van der Waals surface area contributed by atoms with Crippen molar-refractivity contribution in [1.82, 2.24) is 9.21 Å². The van der Waals surface area contributed by atoms with E-state index in [0.29, 0.717) is 24.0 Å². The summed E-state index contributed by atoms with van der Waals surface area (Å²) in [5.74, 6) is 0.446. The summed E-state index contributed by atoms with van der Waals surface area (Å²) in [5, 5.41) is 0.584. The van der Waals surface area contributed by atoms with Crippen molar-refractivity contribution in [3.63, 3.8) is 0 Å². The fourth-order valence-electron chi connectivity index (χ4n) is 3.39. The van der Waals surface area contributed by atoms with Gasteiger partial charge in [-0.2, -0.15) is 4.31 Å². The van der Waals surface area contributed by atoms with Gasteiger partial charge in [-0.3, -0.25) is 4.79 Å². The Labute approximate surface area is 178 Å². The predicted octanol–water partition coefficient (Wildman–Crippen LogP) is 4.10. The van der Waals surface area contributed by atoms with Crippen molar-refractivity contribution in [3.8, 4) is 0 Å². The lowest BCUT2D eigenvalue weighted by atomic mass is 9.99. The van der Waals surface area contributed by atoms with Crippen LogP contribution < -0.4 is 0 Å². The molecule has 0 unspecified atom stereocenters. The molecule has 1 aliphatic heterocycles. The van der Waals surface area contributed by atoms with E-state index >= 15 is 0 Å². The van der Waals surface area contributed by atoms with Gasteiger partial charge in [0.1, 0.15) is 0 Å². The van der Waals surface area contributed by atoms with Crippen LogP contribution in [0.4, 0.5) is 0 Å². The summed E-state index contributed by atoms with van der Waals surface area (Å²) in [6.45, 7) is 5.38. The first-order chi connectivity index (χ1) is 13.8. The van der Waals surface area contributed by atoms with Crippen LogP contribution in [0.5, 0.6) is 0 Å². The van der Waals surface area contributed by atoms with Crippen LogP contribution >= 0.6 is 11.6 Å². The zero-order valence-electron chi connectivity index (χ0n) is 16.8. The molecule has 0 aromatic heterocycles. The number of carbonyl (C=O) groups is 1. The number of rotatable bonds is 6. The summed E-state index contributed by atoms with van der Waals surface area (Å²) in [6.07, 6.45) is 1.90. The van der Waals surface area contributed by atoms with Gasteiger partial charge in [0, 0.05) is 24.7 Å². The third-order valence-corrected chi connectivity index (χ3v) is 7.44. The molecule has 3 rings (SSSR count). The second-order valence-corrected chi connectivity index (χ2v) is 10.2. The lowest BCUT2D eigenvalue weighted by Gasteiger charge is -2.32. The first kappa shape index (κ1) is 21.8. The fourth-order valence-corrected chi connectivity index (χ4v) is 4.89. The summed E-state index contributed by atoms with van der Waals surface area (Å²) in [6, 6.07) is 13.7. The third kappa shape index (κ3) is 5.59. The smallest absolute Gasteiger partial charge is 0.243 e. The average molecular weight is 435 g/mol. The molecule has 0 bridgehead atoms. The minimum absolute atomic E-state index is 0.114. The third-order valence-electron chi connectivity index (χ3n) is 5.38. The number of halogens is 1. The number of piperidine rings is 1. The van der Waals surface area contributed by atoms with E-state index in [1.165, 1.54) is 4.31 Å². The van der Waals surface area contributed by atoms with E-state index in [9.17, 15) is 13.2 Å². The average Bonchev–Trinajstić information content (AvgIpc) is 2.70. The molecule has 7 heteroatoms. The van der Waals surface area contributed by atoms with Crippen molar-refractivity contribution in [2.45, 2.75) is 38.1 Å². The molecule has 2 aromatic rings. The van der Waals surface area contributed by atoms with E-state index in [0.717, 1.165) is 24.0 Å². The van der Waals surface area contributed by atoms with Crippen molar-refractivity contribution in [2.24, 2.45) is 5.92 Å². The Morgan fingerprint density at radius 3 is 2.24 bits per heavy atom. The highest BCUT2D eigenvalue weighted by atomic mass is 35.5. The van der Waals surface area contributed by atoms with E-state index in [-0.39, 0.29) is 23.9 Å². The second-order valence-electron chi connectivity index (χ2n) is 7.78. The van der Waals surface area contributed by atoms with Gasteiger partial charge < -0.3 is 4.90 Å². The molecule has 0 radical (unpaired) electrons. The number of hydrogen-bond acceptors (Lipinski definition) is 3. The summed E-state index contributed by atoms with van der Waals surface area (Å²) in [4.78, 5) is 14.9. The number of amides is 1. The van der Waals surface area contributed by atoms with Crippen molar-refractivity contribution in [2.75, 3.05) is 19.6 Å². The number of sulfonamides is 1. The molecule has 1 aliphatic rings. The van der Waals surface area contributed by atoms with Crippen molar-refractivity contribution < 1.29 is 13.2 Å². The van der Waals surface area contributed by atoms with Gasteiger partial charge in [0.05, 0.1) is 11.4 Å². The minimum Gasteiger partial charge on any atom is -0.342 e. The maximum atomic E-state index is 13.3. The Hall–Kier alpha value is -1.89. The molecule has 156 valence electrons. The quantitative estimate of drug-likeness (QED) is 0.687. The zero-order valence-corrected chi connectivity index (χ0v) is 18.4. The molecule has 0 saturated carbocycles. The molecule has 2 aromatic carbocycles. The highest BCUT2D eigenvalue weighted by Crippen LogP contribution is 2.22. The lowest BCUT2D eigenvalue weighted by molar-refractivity contribution is -0.132. The number of likely N-dealkylation sites (tertiary alicyclic amines) is 1. The molecule has 29 heavy (non-hydrogen) atoms. The van der Waals surface area contributed by atoms with Gasteiger partial charge in [-0.1, -0.05) is 48.4 Å². The molecule has 0 spiro atoms. The van der Waals surface area contributed by atoms with Crippen LogP contribution in [0.2, 0.25) is 5.02 Å². The SMILES string of the molecule is Cc1ccc(S(=O)(=O)N(CC(=O)N2CCC(C)CC2)Cc2ccc(Cl)cc2)cc1. The molecule has 0 aliphatic carbocycles. The monoisotopic (exact) mass is 434 g/mol. The second kappa shape index (κ2) is 9.28. The van der Waals surface area contributed by atoms with Gasteiger partial charge in [0.25, 0.3) is 0 Å². The number of hydrogen-bond donors (Lipinski definition) is 0. The van der Waals surface area contributed by atoms with Gasteiger partial charge >= 0.3 is 0 Å². The fraction of sp³-hybridized carbons (Fsp3) is 0.409. The maximum Gasteiger partial charge on any atom is 0.243 e. The number of carbonyl (C=O) groups excluding carboxylic acids is 1. The Morgan fingerprint density at radius 2 is 1.66 bits per heavy atom. The highest BCUT2D eigenvalue weighted by molar-refractivity contribution is 7.89. The summed E-state index contributed by atoms with van der Waals surface area (Å²) in [7, 11) is -3.82. The highest BCUT2D eigenvalue weighted by Gasteiger charge is 2.29.